The summed E-state index contributed by atoms with van der Waals surface area (Å²) in [4.78, 5) is 43.2. The molecule has 3 aromatic rings. The molecule has 0 aliphatic rings. The number of pyridine rings is 1. The van der Waals surface area contributed by atoms with Gasteiger partial charge in [-0.15, -0.1) is 0 Å². The van der Waals surface area contributed by atoms with Crippen LogP contribution < -0.4 is 10.9 Å². The maximum atomic E-state index is 16.3. The number of aromatic nitrogens is 1. The molecule has 49 heavy (non-hydrogen) atoms. The zero-order valence-corrected chi connectivity index (χ0v) is 30.5. The largest absolute Gasteiger partial charge is 0.466 e. The number of rotatable bonds is 15. The number of likely N-dealkylation sites (N-methyl/N-ethyl adjacent to an activating group) is 1. The number of carbonyl (C=O) groups excluding carboxylic acids is 2. The number of aryl methyl sites for hydroxylation is 4. The number of amides is 1. The third kappa shape index (κ3) is 9.62. The highest BCUT2D eigenvalue weighted by Gasteiger charge is 2.36. The molecule has 1 amide bonds. The molecule has 2 aromatic carbocycles. The summed E-state index contributed by atoms with van der Waals surface area (Å²) >= 11 is 0. The topological polar surface area (TPSA) is 80.6 Å². The minimum Gasteiger partial charge on any atom is -0.466 e. The van der Waals surface area contributed by atoms with Crippen molar-refractivity contribution in [2.75, 3.05) is 27.2 Å². The van der Waals surface area contributed by atoms with Crippen molar-refractivity contribution in [3.63, 3.8) is 0 Å². The van der Waals surface area contributed by atoms with E-state index in [1.807, 2.05) is 65.7 Å². The fourth-order valence-corrected chi connectivity index (χ4v) is 6.59. The van der Waals surface area contributed by atoms with E-state index in [9.17, 15) is 23.2 Å². The second-order valence-corrected chi connectivity index (χ2v) is 13.7. The fourth-order valence-electron chi connectivity index (χ4n) is 6.59. The highest BCUT2D eigenvalue weighted by molar-refractivity contribution is 5.83. The zero-order valence-electron chi connectivity index (χ0n) is 30.5. The molecular weight excluding hydrogens is 631 g/mol. The summed E-state index contributed by atoms with van der Waals surface area (Å²) in [5.74, 6) is -2.97. The minimum absolute atomic E-state index is 0.0841. The van der Waals surface area contributed by atoms with Gasteiger partial charge in [0.05, 0.1) is 24.1 Å². The average molecular weight is 684 g/mol. The van der Waals surface area contributed by atoms with Crippen LogP contribution in [0.5, 0.6) is 0 Å². The van der Waals surface area contributed by atoms with Crippen molar-refractivity contribution in [2.45, 2.75) is 93.2 Å². The summed E-state index contributed by atoms with van der Waals surface area (Å²) in [6.07, 6.45) is -0.856. The van der Waals surface area contributed by atoms with Crippen molar-refractivity contribution in [1.29, 1.82) is 0 Å². The Hall–Kier alpha value is -3.92. The molecule has 1 heterocycles. The van der Waals surface area contributed by atoms with Crippen molar-refractivity contribution in [3.05, 3.63) is 91.6 Å². The van der Waals surface area contributed by atoms with Gasteiger partial charge in [-0.1, -0.05) is 38.5 Å². The van der Waals surface area contributed by atoms with E-state index in [2.05, 4.69) is 5.32 Å². The van der Waals surface area contributed by atoms with Gasteiger partial charge in [0.1, 0.15) is 11.9 Å². The summed E-state index contributed by atoms with van der Waals surface area (Å²) < 4.78 is 51.1. The third-order valence-corrected chi connectivity index (χ3v) is 8.86. The van der Waals surface area contributed by atoms with Crippen molar-refractivity contribution < 1.29 is 27.5 Å². The molecule has 2 unspecified atom stereocenters. The lowest BCUT2D eigenvalue weighted by Gasteiger charge is -2.30. The van der Waals surface area contributed by atoms with Crippen LogP contribution >= 0.6 is 0 Å². The molecule has 0 radical (unpaired) electrons. The standard InChI is InChI=1S/C39H52F3N3O4/c1-11-29(39(48)49-12-2)35(30-20-28(18-26(8)34(30)40)33-24(6)16-23(5)17-25(33)7)43-37(46)32(15-22(3)4)45-21-27(13-14-44(9)10)19-31(36(41)42)38(45)47/h16-22,29,32,35-36H,11-15H2,1-10H3,(H,43,46)/t29?,32?,35-/m0/s1. The first-order valence-electron chi connectivity index (χ1n) is 17.0. The zero-order chi connectivity index (χ0) is 36.7. The van der Waals surface area contributed by atoms with Gasteiger partial charge in [0, 0.05) is 18.3 Å². The summed E-state index contributed by atoms with van der Waals surface area (Å²) in [5.41, 5.74) is 3.98. The highest BCUT2D eigenvalue weighted by atomic mass is 19.3. The number of ether oxygens (including phenoxy) is 1. The second kappa shape index (κ2) is 17.1. The Labute approximate surface area is 288 Å². The van der Waals surface area contributed by atoms with Gasteiger partial charge >= 0.3 is 5.97 Å². The van der Waals surface area contributed by atoms with Crippen LogP contribution in [0.2, 0.25) is 0 Å². The van der Waals surface area contributed by atoms with Crippen molar-refractivity contribution in [3.8, 4) is 11.1 Å². The molecule has 10 heteroatoms. The lowest BCUT2D eigenvalue weighted by molar-refractivity contribution is -0.149. The Balaban J connectivity index is 2.26. The number of halogens is 3. The lowest BCUT2D eigenvalue weighted by atomic mass is 9.85. The Kier molecular flexibility index (Phi) is 13.8. The maximum Gasteiger partial charge on any atom is 0.311 e. The summed E-state index contributed by atoms with van der Waals surface area (Å²) in [6, 6.07) is 6.31. The first-order valence-corrected chi connectivity index (χ1v) is 17.0. The van der Waals surface area contributed by atoms with E-state index in [0.29, 0.717) is 24.1 Å². The van der Waals surface area contributed by atoms with Gasteiger partial charge in [-0.3, -0.25) is 14.4 Å². The van der Waals surface area contributed by atoms with Gasteiger partial charge in [-0.2, -0.15) is 0 Å². The van der Waals surface area contributed by atoms with Gasteiger partial charge in [0.2, 0.25) is 5.91 Å². The molecule has 0 saturated heterocycles. The molecule has 0 aliphatic heterocycles. The molecule has 0 spiro atoms. The molecule has 3 atom stereocenters. The number of esters is 1. The van der Waals surface area contributed by atoms with E-state index in [-0.39, 0.29) is 30.9 Å². The molecule has 0 saturated carbocycles. The Morgan fingerprint density at radius 2 is 1.57 bits per heavy atom. The van der Waals surface area contributed by atoms with Gasteiger partial charge in [-0.25, -0.2) is 13.2 Å². The number of carbonyl (C=O) groups is 2. The van der Waals surface area contributed by atoms with E-state index in [0.717, 1.165) is 32.4 Å². The summed E-state index contributed by atoms with van der Waals surface area (Å²) in [6.45, 7) is 15.4. The summed E-state index contributed by atoms with van der Waals surface area (Å²) in [7, 11) is 3.70. The monoisotopic (exact) mass is 683 g/mol. The van der Waals surface area contributed by atoms with Gasteiger partial charge in [0.25, 0.3) is 12.0 Å². The first kappa shape index (κ1) is 39.5. The van der Waals surface area contributed by atoms with E-state index in [4.69, 9.17) is 4.74 Å². The Morgan fingerprint density at radius 1 is 0.939 bits per heavy atom. The summed E-state index contributed by atoms with van der Waals surface area (Å²) in [5, 5.41) is 2.92. The Bertz CT molecular complexity index is 1680. The maximum absolute atomic E-state index is 16.3. The van der Waals surface area contributed by atoms with E-state index in [1.54, 1.807) is 32.9 Å². The number of hydrogen-bond donors (Lipinski definition) is 1. The van der Waals surface area contributed by atoms with Crippen LogP contribution in [0.15, 0.2) is 41.3 Å². The van der Waals surface area contributed by atoms with Gasteiger partial charge in [-0.05, 0) is 125 Å². The molecule has 3 rings (SSSR count). The molecule has 0 aliphatic carbocycles. The minimum atomic E-state index is -3.05. The van der Waals surface area contributed by atoms with Gasteiger partial charge < -0.3 is 19.5 Å². The van der Waals surface area contributed by atoms with Crippen LogP contribution in [0.4, 0.5) is 13.2 Å². The molecule has 0 fully saturated rings. The van der Waals surface area contributed by atoms with Crippen LogP contribution in [0.1, 0.15) is 98.0 Å². The number of nitrogens with one attached hydrogen (secondary N) is 1. The predicted molar refractivity (Wildman–Crippen MR) is 188 cm³/mol. The van der Waals surface area contributed by atoms with Crippen LogP contribution in [0.25, 0.3) is 11.1 Å². The normalized spacial score (nSPS) is 13.6. The molecule has 1 N–H and O–H groups in total. The second-order valence-electron chi connectivity index (χ2n) is 13.7. The smallest absolute Gasteiger partial charge is 0.311 e. The molecule has 0 bridgehead atoms. The highest BCUT2D eigenvalue weighted by Crippen LogP contribution is 2.36. The van der Waals surface area contributed by atoms with Crippen molar-refractivity contribution in [1.82, 2.24) is 14.8 Å². The molecular formula is C39H52F3N3O4. The molecule has 7 nitrogen and oxygen atoms in total. The number of nitrogens with zero attached hydrogens (tertiary/aromatic N) is 2. The lowest BCUT2D eigenvalue weighted by Crippen LogP contribution is -2.44. The molecule has 1 aromatic heterocycles. The van der Waals surface area contributed by atoms with E-state index < -0.39 is 53.2 Å². The van der Waals surface area contributed by atoms with Crippen LogP contribution in [0, 0.1) is 45.3 Å². The predicted octanol–water partition coefficient (Wildman–Crippen LogP) is 7.96. The molecule has 268 valence electrons. The third-order valence-electron chi connectivity index (χ3n) is 8.86. The van der Waals surface area contributed by atoms with Gasteiger partial charge in [0.15, 0.2) is 0 Å². The quantitative estimate of drug-likeness (QED) is 0.165. The van der Waals surface area contributed by atoms with E-state index >= 15 is 4.39 Å². The van der Waals surface area contributed by atoms with Crippen LogP contribution in [-0.4, -0.2) is 48.6 Å². The van der Waals surface area contributed by atoms with Crippen LogP contribution in [-0.2, 0) is 20.7 Å². The first-order chi connectivity index (χ1) is 23.0. The van der Waals surface area contributed by atoms with Crippen molar-refractivity contribution in [2.24, 2.45) is 11.8 Å². The number of alkyl halides is 2. The van der Waals surface area contributed by atoms with Crippen molar-refractivity contribution >= 4 is 11.9 Å². The average Bonchev–Trinajstić information content (AvgIpc) is 3.00. The number of benzene rings is 2. The number of hydrogen-bond acceptors (Lipinski definition) is 5. The van der Waals surface area contributed by atoms with E-state index in [1.165, 1.54) is 12.3 Å². The van der Waals surface area contributed by atoms with Crippen LogP contribution in [0.3, 0.4) is 0 Å². The Morgan fingerprint density at radius 3 is 2.10 bits per heavy atom. The SMILES string of the molecule is CCOC(=O)C(CC)[C@H](NC(=O)C(CC(C)C)n1cc(CCN(C)C)cc(C(F)F)c1=O)c1cc(-c2c(C)cc(C)cc2C)cc(C)c1F. The fraction of sp³-hybridized carbons (Fsp3) is 0.513.